The number of carbonyl (C=O) groups is 1. The lowest BCUT2D eigenvalue weighted by Crippen LogP contribution is -2.12. The molecule has 0 aliphatic heterocycles. The number of nitrogens with zero attached hydrogens (tertiary/aromatic N) is 2. The SMILES string of the molecule is COc1ccc(C(=O)Nc2cnc(-c3ccc(Cl)cc3)nc2)cc1. The highest BCUT2D eigenvalue weighted by atomic mass is 35.5. The first-order chi connectivity index (χ1) is 11.7. The summed E-state index contributed by atoms with van der Waals surface area (Å²) in [6.45, 7) is 0. The van der Waals surface area contributed by atoms with E-state index in [2.05, 4.69) is 15.3 Å². The van der Waals surface area contributed by atoms with Crippen LogP contribution in [0.3, 0.4) is 0 Å². The molecular weight excluding hydrogens is 326 g/mol. The quantitative estimate of drug-likeness (QED) is 0.778. The number of halogens is 1. The molecule has 5 nitrogen and oxygen atoms in total. The van der Waals surface area contributed by atoms with Crippen molar-refractivity contribution in [1.29, 1.82) is 0 Å². The fourth-order valence-electron chi connectivity index (χ4n) is 2.09. The van der Waals surface area contributed by atoms with Gasteiger partial charge in [-0.05, 0) is 48.5 Å². The minimum absolute atomic E-state index is 0.236. The van der Waals surface area contributed by atoms with Crippen LogP contribution in [-0.4, -0.2) is 23.0 Å². The summed E-state index contributed by atoms with van der Waals surface area (Å²) in [6.07, 6.45) is 3.14. The van der Waals surface area contributed by atoms with Gasteiger partial charge in [0.25, 0.3) is 5.91 Å². The van der Waals surface area contributed by atoms with Gasteiger partial charge in [-0.15, -0.1) is 0 Å². The Morgan fingerprint density at radius 1 is 1.00 bits per heavy atom. The second-order valence-electron chi connectivity index (χ2n) is 4.98. The molecule has 0 atom stereocenters. The molecule has 0 aliphatic carbocycles. The summed E-state index contributed by atoms with van der Waals surface area (Å²) in [5.74, 6) is 1.02. The van der Waals surface area contributed by atoms with E-state index >= 15 is 0 Å². The van der Waals surface area contributed by atoms with Gasteiger partial charge in [0.15, 0.2) is 5.82 Å². The Labute approximate surface area is 144 Å². The minimum Gasteiger partial charge on any atom is -0.497 e. The Hall–Kier alpha value is -2.92. The van der Waals surface area contributed by atoms with Crippen LogP contribution in [0.5, 0.6) is 5.75 Å². The van der Waals surface area contributed by atoms with Crippen molar-refractivity contribution < 1.29 is 9.53 Å². The molecular formula is C18H14ClN3O2. The van der Waals surface area contributed by atoms with E-state index in [1.807, 2.05) is 12.1 Å². The largest absolute Gasteiger partial charge is 0.497 e. The second kappa shape index (κ2) is 7.10. The summed E-state index contributed by atoms with van der Waals surface area (Å²) in [5.41, 5.74) is 1.90. The highest BCUT2D eigenvalue weighted by molar-refractivity contribution is 6.30. The molecule has 1 aromatic heterocycles. The molecule has 0 aliphatic rings. The average Bonchev–Trinajstić information content (AvgIpc) is 2.63. The molecule has 1 amide bonds. The number of carbonyl (C=O) groups excluding carboxylic acids is 1. The third kappa shape index (κ3) is 3.70. The van der Waals surface area contributed by atoms with Crippen LogP contribution in [0.25, 0.3) is 11.4 Å². The first-order valence-electron chi connectivity index (χ1n) is 7.19. The molecule has 1 N–H and O–H groups in total. The average molecular weight is 340 g/mol. The van der Waals surface area contributed by atoms with Gasteiger partial charge in [0.05, 0.1) is 25.2 Å². The zero-order chi connectivity index (χ0) is 16.9. The summed E-state index contributed by atoms with van der Waals surface area (Å²) in [6, 6.07) is 14.1. The lowest BCUT2D eigenvalue weighted by Gasteiger charge is -2.06. The number of benzene rings is 2. The monoisotopic (exact) mass is 339 g/mol. The van der Waals surface area contributed by atoms with Gasteiger partial charge in [0, 0.05) is 16.1 Å². The number of amides is 1. The lowest BCUT2D eigenvalue weighted by molar-refractivity contribution is 0.102. The molecule has 0 saturated carbocycles. The Balaban J connectivity index is 1.71. The molecule has 24 heavy (non-hydrogen) atoms. The predicted octanol–water partition coefficient (Wildman–Crippen LogP) is 4.06. The van der Waals surface area contributed by atoms with Crippen LogP contribution < -0.4 is 10.1 Å². The Morgan fingerprint density at radius 3 is 2.21 bits per heavy atom. The number of hydrogen-bond acceptors (Lipinski definition) is 4. The molecule has 0 spiro atoms. The predicted molar refractivity (Wildman–Crippen MR) is 93.4 cm³/mol. The number of anilines is 1. The van der Waals surface area contributed by atoms with Crippen molar-refractivity contribution in [2.75, 3.05) is 12.4 Å². The summed E-state index contributed by atoms with van der Waals surface area (Å²) >= 11 is 5.86. The van der Waals surface area contributed by atoms with Crippen LogP contribution in [0.4, 0.5) is 5.69 Å². The van der Waals surface area contributed by atoms with Gasteiger partial charge in [-0.2, -0.15) is 0 Å². The summed E-state index contributed by atoms with van der Waals surface area (Å²) < 4.78 is 5.07. The fourth-order valence-corrected chi connectivity index (χ4v) is 2.21. The first kappa shape index (κ1) is 16.0. The Bertz CT molecular complexity index is 832. The molecule has 0 bridgehead atoms. The summed E-state index contributed by atoms with van der Waals surface area (Å²) in [5, 5.41) is 3.41. The molecule has 0 radical (unpaired) electrons. The number of methoxy groups -OCH3 is 1. The van der Waals surface area contributed by atoms with Gasteiger partial charge in [0.1, 0.15) is 5.75 Å². The molecule has 1 heterocycles. The Kier molecular flexibility index (Phi) is 4.72. The van der Waals surface area contributed by atoms with Crippen molar-refractivity contribution in [2.24, 2.45) is 0 Å². The van der Waals surface area contributed by atoms with Gasteiger partial charge >= 0.3 is 0 Å². The van der Waals surface area contributed by atoms with E-state index in [0.29, 0.717) is 27.8 Å². The van der Waals surface area contributed by atoms with Gasteiger partial charge in [-0.25, -0.2) is 9.97 Å². The molecule has 3 rings (SSSR count). The summed E-state index contributed by atoms with van der Waals surface area (Å²) in [4.78, 5) is 20.7. The van der Waals surface area contributed by atoms with E-state index in [-0.39, 0.29) is 5.91 Å². The lowest BCUT2D eigenvalue weighted by atomic mass is 10.2. The van der Waals surface area contributed by atoms with Crippen LogP contribution in [0.15, 0.2) is 60.9 Å². The normalized spacial score (nSPS) is 10.2. The van der Waals surface area contributed by atoms with E-state index in [4.69, 9.17) is 16.3 Å². The standard InChI is InChI=1S/C18H14ClN3O2/c1-24-16-8-4-13(5-9-16)18(23)22-15-10-20-17(21-11-15)12-2-6-14(19)7-3-12/h2-11H,1H3,(H,22,23). The van der Waals surface area contributed by atoms with E-state index in [1.165, 1.54) is 0 Å². The van der Waals surface area contributed by atoms with E-state index < -0.39 is 0 Å². The highest BCUT2D eigenvalue weighted by Crippen LogP contribution is 2.19. The molecule has 3 aromatic rings. The number of nitrogens with one attached hydrogen (secondary N) is 1. The van der Waals surface area contributed by atoms with Gasteiger partial charge in [0.2, 0.25) is 0 Å². The number of aromatic nitrogens is 2. The second-order valence-corrected chi connectivity index (χ2v) is 5.42. The maximum Gasteiger partial charge on any atom is 0.255 e. The van der Waals surface area contributed by atoms with Gasteiger partial charge < -0.3 is 10.1 Å². The smallest absolute Gasteiger partial charge is 0.255 e. The maximum atomic E-state index is 12.2. The molecule has 120 valence electrons. The third-order valence-corrected chi connectivity index (χ3v) is 3.62. The minimum atomic E-state index is -0.236. The fraction of sp³-hybridized carbons (Fsp3) is 0.0556. The van der Waals surface area contributed by atoms with Crippen molar-refractivity contribution in [3.63, 3.8) is 0 Å². The van der Waals surface area contributed by atoms with Crippen molar-refractivity contribution in [3.05, 3.63) is 71.5 Å². The van der Waals surface area contributed by atoms with Crippen LogP contribution >= 0.6 is 11.6 Å². The molecule has 2 aromatic carbocycles. The Morgan fingerprint density at radius 2 is 1.62 bits per heavy atom. The third-order valence-electron chi connectivity index (χ3n) is 3.36. The van der Waals surface area contributed by atoms with Crippen molar-refractivity contribution in [3.8, 4) is 17.1 Å². The maximum absolute atomic E-state index is 12.2. The van der Waals surface area contributed by atoms with E-state index in [9.17, 15) is 4.79 Å². The zero-order valence-corrected chi connectivity index (χ0v) is 13.6. The van der Waals surface area contributed by atoms with Crippen LogP contribution in [0.1, 0.15) is 10.4 Å². The number of ether oxygens (including phenoxy) is 1. The summed E-state index contributed by atoms with van der Waals surface area (Å²) in [7, 11) is 1.58. The first-order valence-corrected chi connectivity index (χ1v) is 7.57. The van der Waals surface area contributed by atoms with Crippen molar-refractivity contribution in [2.45, 2.75) is 0 Å². The van der Waals surface area contributed by atoms with Crippen LogP contribution in [-0.2, 0) is 0 Å². The van der Waals surface area contributed by atoms with Gasteiger partial charge in [-0.3, -0.25) is 4.79 Å². The highest BCUT2D eigenvalue weighted by Gasteiger charge is 2.07. The van der Waals surface area contributed by atoms with E-state index in [0.717, 1.165) is 5.56 Å². The molecule has 0 saturated heterocycles. The van der Waals surface area contributed by atoms with E-state index in [1.54, 1.807) is 55.9 Å². The van der Waals surface area contributed by atoms with Crippen LogP contribution in [0, 0.1) is 0 Å². The number of rotatable bonds is 4. The van der Waals surface area contributed by atoms with Crippen LogP contribution in [0.2, 0.25) is 5.02 Å². The number of hydrogen-bond donors (Lipinski definition) is 1. The molecule has 0 unspecified atom stereocenters. The molecule has 6 heteroatoms. The molecule has 0 fully saturated rings. The van der Waals surface area contributed by atoms with Crippen molar-refractivity contribution >= 4 is 23.2 Å². The zero-order valence-electron chi connectivity index (χ0n) is 12.9. The topological polar surface area (TPSA) is 64.1 Å². The van der Waals surface area contributed by atoms with Crippen molar-refractivity contribution in [1.82, 2.24) is 9.97 Å². The van der Waals surface area contributed by atoms with Gasteiger partial charge in [-0.1, -0.05) is 11.6 Å².